The van der Waals surface area contributed by atoms with Gasteiger partial charge in [-0.05, 0) is 38.7 Å². The summed E-state index contributed by atoms with van der Waals surface area (Å²) in [6.07, 6.45) is 0. The standard InChI is InChI=1S/C13H19ClN4O/c1-9-10(16-12(15)7-14)5-4-6-11(9)17-13(19)8-18(2)3/h4-6H,7-8H2,1-3H3,(H2,15,16)(H,17,19). The summed E-state index contributed by atoms with van der Waals surface area (Å²) in [5, 5.41) is 2.85. The minimum absolute atomic E-state index is 0.0699. The van der Waals surface area contributed by atoms with Crippen molar-refractivity contribution in [1.82, 2.24) is 4.90 Å². The molecule has 0 unspecified atom stereocenters. The molecule has 1 aromatic carbocycles. The predicted molar refractivity (Wildman–Crippen MR) is 80.4 cm³/mol. The molecular formula is C13H19ClN4O. The van der Waals surface area contributed by atoms with Crippen molar-refractivity contribution in [1.29, 1.82) is 0 Å². The molecule has 1 amide bonds. The molecule has 0 aliphatic rings. The number of nitrogens with zero attached hydrogens (tertiary/aromatic N) is 2. The van der Waals surface area contributed by atoms with Crippen molar-refractivity contribution < 1.29 is 4.79 Å². The van der Waals surface area contributed by atoms with Crippen LogP contribution in [-0.2, 0) is 4.79 Å². The first-order valence-corrected chi connectivity index (χ1v) is 6.40. The third-order valence-corrected chi connectivity index (χ3v) is 2.71. The van der Waals surface area contributed by atoms with Crippen LogP contribution in [0.15, 0.2) is 23.2 Å². The zero-order valence-electron chi connectivity index (χ0n) is 11.4. The van der Waals surface area contributed by atoms with Crippen molar-refractivity contribution in [2.75, 3.05) is 31.8 Å². The zero-order valence-corrected chi connectivity index (χ0v) is 12.2. The normalized spacial score (nSPS) is 11.7. The summed E-state index contributed by atoms with van der Waals surface area (Å²) in [6.45, 7) is 2.21. The number of rotatable bonds is 5. The summed E-state index contributed by atoms with van der Waals surface area (Å²) in [5.41, 5.74) is 7.92. The maximum Gasteiger partial charge on any atom is 0.238 e. The summed E-state index contributed by atoms with van der Waals surface area (Å²) >= 11 is 5.60. The van der Waals surface area contributed by atoms with Gasteiger partial charge in [0.25, 0.3) is 0 Å². The number of benzene rings is 1. The molecule has 0 saturated heterocycles. The molecule has 0 aromatic heterocycles. The third-order valence-electron chi connectivity index (χ3n) is 2.44. The second-order valence-corrected chi connectivity index (χ2v) is 4.74. The van der Waals surface area contributed by atoms with E-state index in [4.69, 9.17) is 17.3 Å². The smallest absolute Gasteiger partial charge is 0.238 e. The average molecular weight is 283 g/mol. The molecule has 1 rings (SSSR count). The zero-order chi connectivity index (χ0) is 14.4. The van der Waals surface area contributed by atoms with Crippen LogP contribution in [-0.4, -0.2) is 43.2 Å². The van der Waals surface area contributed by atoms with Gasteiger partial charge in [0, 0.05) is 5.69 Å². The van der Waals surface area contributed by atoms with E-state index in [2.05, 4.69) is 10.3 Å². The number of carbonyl (C=O) groups excluding carboxylic acids is 1. The molecule has 0 bridgehead atoms. The Labute approximate surface area is 118 Å². The van der Waals surface area contributed by atoms with E-state index in [0.29, 0.717) is 18.1 Å². The van der Waals surface area contributed by atoms with E-state index in [-0.39, 0.29) is 11.8 Å². The number of aliphatic imine (C=N–C) groups is 1. The molecule has 0 atom stereocenters. The van der Waals surface area contributed by atoms with Crippen molar-refractivity contribution in [2.24, 2.45) is 10.7 Å². The van der Waals surface area contributed by atoms with Gasteiger partial charge in [0.1, 0.15) is 5.84 Å². The average Bonchev–Trinajstić information content (AvgIpc) is 2.33. The van der Waals surface area contributed by atoms with Gasteiger partial charge in [-0.15, -0.1) is 11.6 Å². The van der Waals surface area contributed by atoms with E-state index in [1.54, 1.807) is 4.90 Å². The Morgan fingerprint density at radius 1 is 1.47 bits per heavy atom. The molecule has 19 heavy (non-hydrogen) atoms. The number of amidine groups is 1. The Bertz CT molecular complexity index is 486. The summed E-state index contributed by atoms with van der Waals surface area (Å²) < 4.78 is 0. The molecule has 0 aliphatic heterocycles. The SMILES string of the molecule is Cc1c(N=C(N)CCl)cccc1NC(=O)CN(C)C. The Morgan fingerprint density at radius 2 is 2.16 bits per heavy atom. The van der Waals surface area contributed by atoms with Gasteiger partial charge in [0.05, 0.1) is 18.1 Å². The first-order chi connectivity index (χ1) is 8.93. The van der Waals surface area contributed by atoms with E-state index in [1.165, 1.54) is 0 Å². The van der Waals surface area contributed by atoms with Gasteiger partial charge in [-0.2, -0.15) is 0 Å². The van der Waals surface area contributed by atoms with E-state index in [0.717, 1.165) is 11.3 Å². The van der Waals surface area contributed by atoms with Crippen molar-refractivity contribution >= 4 is 34.7 Å². The molecule has 0 fully saturated rings. The van der Waals surface area contributed by atoms with E-state index < -0.39 is 0 Å². The van der Waals surface area contributed by atoms with Crippen LogP contribution in [0, 0.1) is 6.92 Å². The Hall–Kier alpha value is -1.59. The van der Waals surface area contributed by atoms with E-state index in [9.17, 15) is 4.79 Å². The molecule has 5 nitrogen and oxygen atoms in total. The highest BCUT2D eigenvalue weighted by Crippen LogP contribution is 2.25. The van der Waals surface area contributed by atoms with Crippen LogP contribution in [0.4, 0.5) is 11.4 Å². The van der Waals surface area contributed by atoms with Gasteiger partial charge in [-0.25, -0.2) is 4.99 Å². The number of anilines is 1. The number of hydrogen-bond donors (Lipinski definition) is 2. The number of nitrogens with two attached hydrogens (primary N) is 1. The maximum atomic E-state index is 11.7. The van der Waals surface area contributed by atoms with Crippen LogP contribution in [0.2, 0.25) is 0 Å². The summed E-state index contributed by atoms with van der Waals surface area (Å²) in [5.74, 6) is 0.456. The number of hydrogen-bond acceptors (Lipinski definition) is 3. The lowest BCUT2D eigenvalue weighted by Crippen LogP contribution is -2.27. The molecule has 0 radical (unpaired) electrons. The largest absolute Gasteiger partial charge is 0.386 e. The summed E-state index contributed by atoms with van der Waals surface area (Å²) in [4.78, 5) is 17.7. The molecule has 0 heterocycles. The molecule has 3 N–H and O–H groups in total. The van der Waals surface area contributed by atoms with Crippen LogP contribution in [0.1, 0.15) is 5.56 Å². The van der Waals surface area contributed by atoms with Gasteiger partial charge in [0.15, 0.2) is 0 Å². The van der Waals surface area contributed by atoms with Crippen LogP contribution in [0.3, 0.4) is 0 Å². The van der Waals surface area contributed by atoms with Crippen LogP contribution in [0.25, 0.3) is 0 Å². The summed E-state index contributed by atoms with van der Waals surface area (Å²) in [6, 6.07) is 5.48. The molecular weight excluding hydrogens is 264 g/mol. The Morgan fingerprint density at radius 3 is 2.74 bits per heavy atom. The minimum Gasteiger partial charge on any atom is -0.386 e. The first-order valence-electron chi connectivity index (χ1n) is 5.87. The first kappa shape index (κ1) is 15.5. The number of halogens is 1. The quantitative estimate of drug-likeness (QED) is 0.491. The number of likely N-dealkylation sites (N-methyl/N-ethyl adjacent to an activating group) is 1. The Kier molecular flexibility index (Phi) is 5.79. The fraction of sp³-hybridized carbons (Fsp3) is 0.385. The fourth-order valence-electron chi connectivity index (χ4n) is 1.54. The second kappa shape index (κ2) is 7.11. The number of amides is 1. The van der Waals surface area contributed by atoms with E-state index in [1.807, 2.05) is 39.2 Å². The monoisotopic (exact) mass is 282 g/mol. The maximum absolute atomic E-state index is 11.7. The fourth-order valence-corrected chi connectivity index (χ4v) is 1.60. The lowest BCUT2D eigenvalue weighted by atomic mass is 10.1. The van der Waals surface area contributed by atoms with Gasteiger partial charge < -0.3 is 16.0 Å². The van der Waals surface area contributed by atoms with Crippen LogP contribution >= 0.6 is 11.6 Å². The summed E-state index contributed by atoms with van der Waals surface area (Å²) in [7, 11) is 3.68. The minimum atomic E-state index is -0.0699. The topological polar surface area (TPSA) is 70.7 Å². The van der Waals surface area contributed by atoms with Gasteiger partial charge in [-0.1, -0.05) is 6.07 Å². The molecule has 6 heteroatoms. The molecule has 0 aliphatic carbocycles. The van der Waals surface area contributed by atoms with Crippen LogP contribution in [0.5, 0.6) is 0 Å². The highest BCUT2D eigenvalue weighted by atomic mass is 35.5. The lowest BCUT2D eigenvalue weighted by Gasteiger charge is -2.13. The highest BCUT2D eigenvalue weighted by molar-refractivity contribution is 6.28. The second-order valence-electron chi connectivity index (χ2n) is 4.47. The molecule has 0 saturated carbocycles. The third kappa shape index (κ3) is 4.89. The van der Waals surface area contributed by atoms with Crippen molar-refractivity contribution in [3.63, 3.8) is 0 Å². The number of carbonyl (C=O) groups is 1. The van der Waals surface area contributed by atoms with E-state index >= 15 is 0 Å². The lowest BCUT2D eigenvalue weighted by molar-refractivity contribution is -0.116. The Balaban J connectivity index is 2.92. The van der Waals surface area contributed by atoms with Gasteiger partial charge >= 0.3 is 0 Å². The molecule has 1 aromatic rings. The number of alkyl halides is 1. The van der Waals surface area contributed by atoms with Crippen molar-refractivity contribution in [3.8, 4) is 0 Å². The number of nitrogens with one attached hydrogen (secondary N) is 1. The highest BCUT2D eigenvalue weighted by Gasteiger charge is 2.08. The van der Waals surface area contributed by atoms with Crippen LogP contribution < -0.4 is 11.1 Å². The van der Waals surface area contributed by atoms with Crippen molar-refractivity contribution in [2.45, 2.75) is 6.92 Å². The predicted octanol–water partition coefficient (Wildman–Crippen LogP) is 1.72. The van der Waals surface area contributed by atoms with Gasteiger partial charge in [-0.3, -0.25) is 4.79 Å². The van der Waals surface area contributed by atoms with Crippen molar-refractivity contribution in [3.05, 3.63) is 23.8 Å². The molecule has 104 valence electrons. The van der Waals surface area contributed by atoms with Gasteiger partial charge in [0.2, 0.25) is 5.91 Å². The molecule has 0 spiro atoms.